The maximum Gasteiger partial charge on any atom is 0.323 e. The van der Waals surface area contributed by atoms with Gasteiger partial charge < -0.3 is 10.4 Å². The predicted octanol–water partition coefficient (Wildman–Crippen LogP) is 3.29. The van der Waals surface area contributed by atoms with Crippen molar-refractivity contribution in [2.45, 2.75) is 69.1 Å². The SMILES string of the molecule is CCNC1(C(=O)O)CCCC(SCC2CCCC2)C1. The molecule has 4 heteroatoms. The fraction of sp³-hybridized carbons (Fsp3) is 0.933. The van der Waals surface area contributed by atoms with Crippen LogP contribution in [0.15, 0.2) is 0 Å². The predicted molar refractivity (Wildman–Crippen MR) is 80.7 cm³/mol. The molecule has 2 aliphatic rings. The molecule has 0 aromatic heterocycles. The Bertz CT molecular complexity index is 301. The van der Waals surface area contributed by atoms with Crippen molar-refractivity contribution < 1.29 is 9.90 Å². The van der Waals surface area contributed by atoms with E-state index in [4.69, 9.17) is 0 Å². The smallest absolute Gasteiger partial charge is 0.323 e. The summed E-state index contributed by atoms with van der Waals surface area (Å²) >= 11 is 2.04. The monoisotopic (exact) mass is 285 g/mol. The minimum atomic E-state index is -0.652. The van der Waals surface area contributed by atoms with Crippen LogP contribution in [0.25, 0.3) is 0 Å². The average Bonchev–Trinajstić information content (AvgIpc) is 2.90. The van der Waals surface area contributed by atoms with Crippen LogP contribution in [0.1, 0.15) is 58.3 Å². The molecule has 19 heavy (non-hydrogen) atoms. The van der Waals surface area contributed by atoms with Gasteiger partial charge in [-0.25, -0.2) is 0 Å². The molecule has 2 aliphatic carbocycles. The Balaban J connectivity index is 1.85. The van der Waals surface area contributed by atoms with E-state index in [1.165, 1.54) is 37.9 Å². The highest BCUT2D eigenvalue weighted by Gasteiger charge is 2.42. The van der Waals surface area contributed by atoms with Crippen LogP contribution in [0, 0.1) is 5.92 Å². The molecular formula is C15H27NO2S. The van der Waals surface area contributed by atoms with E-state index in [0.717, 1.165) is 31.7 Å². The molecule has 2 N–H and O–H groups in total. The Labute approximate surface area is 120 Å². The molecule has 0 bridgehead atoms. The van der Waals surface area contributed by atoms with Crippen molar-refractivity contribution in [1.82, 2.24) is 5.32 Å². The second-order valence-corrected chi connectivity index (χ2v) is 7.45. The Morgan fingerprint density at radius 3 is 2.68 bits per heavy atom. The van der Waals surface area contributed by atoms with Gasteiger partial charge in [-0.3, -0.25) is 4.79 Å². The molecule has 0 aromatic rings. The molecule has 110 valence electrons. The van der Waals surface area contributed by atoms with E-state index in [9.17, 15) is 9.90 Å². The molecule has 2 atom stereocenters. The third kappa shape index (κ3) is 3.88. The van der Waals surface area contributed by atoms with Crippen molar-refractivity contribution in [3.05, 3.63) is 0 Å². The number of aliphatic carboxylic acids is 1. The minimum absolute atomic E-state index is 0.532. The summed E-state index contributed by atoms with van der Waals surface area (Å²) in [6.45, 7) is 2.74. The van der Waals surface area contributed by atoms with Crippen LogP contribution in [-0.2, 0) is 4.79 Å². The summed E-state index contributed by atoms with van der Waals surface area (Å²) in [5.74, 6) is 1.48. The lowest BCUT2D eigenvalue weighted by Crippen LogP contribution is -2.55. The molecule has 3 nitrogen and oxygen atoms in total. The van der Waals surface area contributed by atoms with Crippen molar-refractivity contribution in [3.63, 3.8) is 0 Å². The lowest BCUT2D eigenvalue weighted by atomic mass is 9.81. The number of thioether (sulfide) groups is 1. The maximum atomic E-state index is 11.6. The third-order valence-electron chi connectivity index (χ3n) is 4.67. The average molecular weight is 285 g/mol. The summed E-state index contributed by atoms with van der Waals surface area (Å²) in [5.41, 5.74) is -0.652. The van der Waals surface area contributed by atoms with E-state index >= 15 is 0 Å². The van der Waals surface area contributed by atoms with Gasteiger partial charge in [0.15, 0.2) is 0 Å². The zero-order valence-corrected chi connectivity index (χ0v) is 12.8. The number of carboxylic acid groups (broad SMARTS) is 1. The first-order valence-corrected chi connectivity index (χ1v) is 8.81. The van der Waals surface area contributed by atoms with Gasteiger partial charge in [-0.05, 0) is 56.7 Å². The number of hydrogen-bond acceptors (Lipinski definition) is 3. The summed E-state index contributed by atoms with van der Waals surface area (Å²) in [4.78, 5) is 11.6. The molecular weight excluding hydrogens is 258 g/mol. The number of carbonyl (C=O) groups is 1. The quantitative estimate of drug-likeness (QED) is 0.786. The van der Waals surface area contributed by atoms with Crippen molar-refractivity contribution in [3.8, 4) is 0 Å². The van der Waals surface area contributed by atoms with Crippen LogP contribution >= 0.6 is 11.8 Å². The number of rotatable bonds is 6. The van der Waals surface area contributed by atoms with Crippen molar-refractivity contribution in [1.29, 1.82) is 0 Å². The highest BCUT2D eigenvalue weighted by molar-refractivity contribution is 7.99. The summed E-state index contributed by atoms with van der Waals surface area (Å²) < 4.78 is 0. The van der Waals surface area contributed by atoms with Crippen molar-refractivity contribution in [2.24, 2.45) is 5.92 Å². The molecule has 0 spiro atoms. The van der Waals surface area contributed by atoms with E-state index in [2.05, 4.69) is 5.32 Å². The van der Waals surface area contributed by atoms with Gasteiger partial charge in [0.2, 0.25) is 0 Å². The lowest BCUT2D eigenvalue weighted by Gasteiger charge is -2.38. The molecule has 2 saturated carbocycles. The highest BCUT2D eigenvalue weighted by Crippen LogP contribution is 2.38. The highest BCUT2D eigenvalue weighted by atomic mass is 32.2. The van der Waals surface area contributed by atoms with Crippen molar-refractivity contribution in [2.75, 3.05) is 12.3 Å². The molecule has 0 aliphatic heterocycles. The number of likely N-dealkylation sites (N-methyl/N-ethyl adjacent to an activating group) is 1. The second-order valence-electron chi connectivity index (χ2n) is 6.12. The van der Waals surface area contributed by atoms with Gasteiger partial charge in [0.1, 0.15) is 5.54 Å². The van der Waals surface area contributed by atoms with Crippen LogP contribution < -0.4 is 5.32 Å². The normalized spacial score (nSPS) is 32.6. The van der Waals surface area contributed by atoms with E-state index in [0.29, 0.717) is 5.25 Å². The first kappa shape index (κ1) is 15.2. The maximum absolute atomic E-state index is 11.6. The zero-order chi connectivity index (χ0) is 13.7. The van der Waals surface area contributed by atoms with Crippen LogP contribution in [0.4, 0.5) is 0 Å². The Kier molecular flexibility index (Phi) is 5.58. The third-order valence-corrected chi connectivity index (χ3v) is 6.21. The van der Waals surface area contributed by atoms with E-state index in [-0.39, 0.29) is 0 Å². The minimum Gasteiger partial charge on any atom is -0.480 e. The number of hydrogen-bond donors (Lipinski definition) is 2. The van der Waals surface area contributed by atoms with Gasteiger partial charge in [-0.1, -0.05) is 19.8 Å². The van der Waals surface area contributed by atoms with Gasteiger partial charge in [0.05, 0.1) is 0 Å². The van der Waals surface area contributed by atoms with Crippen LogP contribution in [0.2, 0.25) is 0 Å². The molecule has 2 rings (SSSR count). The molecule has 0 radical (unpaired) electrons. The number of nitrogens with one attached hydrogen (secondary N) is 1. The first-order valence-electron chi connectivity index (χ1n) is 7.76. The summed E-state index contributed by atoms with van der Waals surface area (Å²) in [5, 5.41) is 13.3. The fourth-order valence-electron chi connectivity index (χ4n) is 3.58. The Morgan fingerprint density at radius 2 is 2.05 bits per heavy atom. The van der Waals surface area contributed by atoms with Crippen LogP contribution in [-0.4, -0.2) is 34.2 Å². The van der Waals surface area contributed by atoms with Crippen molar-refractivity contribution >= 4 is 17.7 Å². The summed E-state index contributed by atoms with van der Waals surface area (Å²) in [7, 11) is 0. The first-order chi connectivity index (χ1) is 9.16. The topological polar surface area (TPSA) is 49.3 Å². The van der Waals surface area contributed by atoms with Gasteiger partial charge in [0, 0.05) is 5.25 Å². The Hall–Kier alpha value is -0.220. The molecule has 0 amide bonds. The largest absolute Gasteiger partial charge is 0.480 e. The molecule has 2 unspecified atom stereocenters. The summed E-state index contributed by atoms with van der Waals surface area (Å²) in [6, 6.07) is 0. The van der Waals surface area contributed by atoms with Crippen LogP contribution in [0.5, 0.6) is 0 Å². The fourth-order valence-corrected chi connectivity index (χ4v) is 5.20. The van der Waals surface area contributed by atoms with Gasteiger partial charge in [-0.2, -0.15) is 11.8 Å². The zero-order valence-electron chi connectivity index (χ0n) is 12.0. The van der Waals surface area contributed by atoms with E-state index in [1.807, 2.05) is 18.7 Å². The van der Waals surface area contributed by atoms with E-state index < -0.39 is 11.5 Å². The molecule has 2 fully saturated rings. The number of carboxylic acids is 1. The van der Waals surface area contributed by atoms with Gasteiger partial charge in [-0.15, -0.1) is 0 Å². The van der Waals surface area contributed by atoms with Crippen LogP contribution in [0.3, 0.4) is 0 Å². The molecule has 0 aromatic carbocycles. The van der Waals surface area contributed by atoms with E-state index in [1.54, 1.807) is 0 Å². The lowest BCUT2D eigenvalue weighted by molar-refractivity contribution is -0.146. The summed E-state index contributed by atoms with van der Waals surface area (Å²) in [6.07, 6.45) is 9.39. The standard InChI is InChI=1S/C15H27NO2S/c1-2-16-15(14(17)18)9-5-8-13(10-15)19-11-12-6-3-4-7-12/h12-13,16H,2-11H2,1H3,(H,17,18). The van der Waals surface area contributed by atoms with Gasteiger partial charge >= 0.3 is 5.97 Å². The molecule has 0 saturated heterocycles. The van der Waals surface area contributed by atoms with Gasteiger partial charge in [0.25, 0.3) is 0 Å². The second kappa shape index (κ2) is 6.98. The Morgan fingerprint density at radius 1 is 1.32 bits per heavy atom. The molecule has 0 heterocycles.